The average molecular weight is 508 g/mol. The second kappa shape index (κ2) is 8.26. The van der Waals surface area contributed by atoms with Gasteiger partial charge in [0.15, 0.2) is 5.82 Å². The van der Waals surface area contributed by atoms with Crippen molar-refractivity contribution in [3.8, 4) is 17.5 Å². The molecule has 1 aliphatic carbocycles. The third-order valence-electron chi connectivity index (χ3n) is 6.77. The number of alkyl halides is 3. The van der Waals surface area contributed by atoms with Gasteiger partial charge in [-0.25, -0.2) is 24.6 Å². The summed E-state index contributed by atoms with van der Waals surface area (Å²) in [7, 11) is 0. The van der Waals surface area contributed by atoms with Gasteiger partial charge in [-0.1, -0.05) is 0 Å². The Morgan fingerprint density at radius 1 is 1.22 bits per heavy atom. The smallest absolute Gasteiger partial charge is 0.346 e. The summed E-state index contributed by atoms with van der Waals surface area (Å²) in [6.07, 6.45) is 4.52. The van der Waals surface area contributed by atoms with Crippen molar-refractivity contribution in [2.45, 2.75) is 37.1 Å². The lowest BCUT2D eigenvalue weighted by Gasteiger charge is -2.47. The van der Waals surface area contributed by atoms with Crippen LogP contribution in [0, 0.1) is 17.2 Å². The second-order valence-electron chi connectivity index (χ2n) is 9.17. The Morgan fingerprint density at radius 3 is 2.76 bits per heavy atom. The Bertz CT molecular complexity index is 1520. The molecular formula is C23H19F3N10O. The molecule has 4 aromatic rings. The molecule has 1 saturated heterocycles. The van der Waals surface area contributed by atoms with Gasteiger partial charge in [-0.15, -0.1) is 0 Å². The molecule has 0 spiro atoms. The summed E-state index contributed by atoms with van der Waals surface area (Å²) in [5.74, 6) is -0.0665. The zero-order chi connectivity index (χ0) is 25.8. The average Bonchev–Trinajstić information content (AvgIpc) is 3.28. The van der Waals surface area contributed by atoms with Gasteiger partial charge in [-0.2, -0.15) is 23.5 Å². The molecule has 4 aromatic heterocycles. The number of amides is 1. The summed E-state index contributed by atoms with van der Waals surface area (Å²) in [5, 5.41) is 16.7. The molecule has 1 aliphatic heterocycles. The largest absolute Gasteiger partial charge is 0.411 e. The van der Waals surface area contributed by atoms with Crippen LogP contribution in [0.4, 0.5) is 19.0 Å². The summed E-state index contributed by atoms with van der Waals surface area (Å²) < 4.78 is 41.2. The van der Waals surface area contributed by atoms with Gasteiger partial charge >= 0.3 is 6.18 Å². The summed E-state index contributed by atoms with van der Waals surface area (Å²) in [4.78, 5) is 34.5. The number of hydrogen-bond acceptors (Lipinski definition) is 8. The van der Waals surface area contributed by atoms with Crippen LogP contribution in [-0.4, -0.2) is 58.9 Å². The number of nitrogens with one attached hydrogen (secondary N) is 2. The third kappa shape index (κ3) is 3.92. The lowest BCUT2D eigenvalue weighted by molar-refractivity contribution is -0.163. The van der Waals surface area contributed by atoms with E-state index >= 15 is 0 Å². The van der Waals surface area contributed by atoms with Crippen LogP contribution in [0.2, 0.25) is 0 Å². The lowest BCUT2D eigenvalue weighted by atomic mass is 9.92. The molecule has 14 heteroatoms. The van der Waals surface area contributed by atoms with E-state index < -0.39 is 17.6 Å². The van der Waals surface area contributed by atoms with Crippen molar-refractivity contribution in [2.75, 3.05) is 11.4 Å². The summed E-state index contributed by atoms with van der Waals surface area (Å²) in [6, 6.07) is 4.06. The van der Waals surface area contributed by atoms with Gasteiger partial charge in [0, 0.05) is 42.9 Å². The van der Waals surface area contributed by atoms with Gasteiger partial charge in [0.1, 0.15) is 28.9 Å². The fourth-order valence-electron chi connectivity index (χ4n) is 4.50. The summed E-state index contributed by atoms with van der Waals surface area (Å²) in [5.41, 5.74) is -0.989. The maximum Gasteiger partial charge on any atom is 0.411 e. The van der Waals surface area contributed by atoms with Crippen molar-refractivity contribution in [3.05, 3.63) is 48.9 Å². The number of halogens is 3. The topological polar surface area (TPSA) is 141 Å². The Labute approximate surface area is 207 Å². The number of hydrogen-bond donors (Lipinski definition) is 2. The number of aromatic amines is 1. The fourth-order valence-corrected chi connectivity index (χ4v) is 4.50. The highest BCUT2D eigenvalue weighted by Crippen LogP contribution is 2.49. The predicted octanol–water partition coefficient (Wildman–Crippen LogP) is 2.98. The van der Waals surface area contributed by atoms with E-state index in [2.05, 4.69) is 36.1 Å². The Kier molecular flexibility index (Phi) is 5.11. The molecule has 5 heterocycles. The van der Waals surface area contributed by atoms with Crippen molar-refractivity contribution in [1.29, 1.82) is 5.26 Å². The van der Waals surface area contributed by atoms with Gasteiger partial charge in [-0.05, 0) is 18.9 Å². The van der Waals surface area contributed by atoms with Crippen LogP contribution in [0.5, 0.6) is 0 Å². The number of nitrogens with zero attached hydrogens (tertiary/aromatic N) is 8. The van der Waals surface area contributed by atoms with E-state index in [1.54, 1.807) is 29.5 Å². The van der Waals surface area contributed by atoms with Gasteiger partial charge < -0.3 is 15.2 Å². The first-order valence-corrected chi connectivity index (χ1v) is 11.5. The Morgan fingerprint density at radius 2 is 2.05 bits per heavy atom. The number of rotatable bonds is 6. The van der Waals surface area contributed by atoms with E-state index in [0.29, 0.717) is 29.4 Å². The van der Waals surface area contributed by atoms with Crippen LogP contribution in [0.15, 0.2) is 43.2 Å². The number of nitriles is 1. The molecule has 0 bridgehead atoms. The Hall–Kier alpha value is -4.54. The molecule has 188 valence electrons. The third-order valence-corrected chi connectivity index (χ3v) is 6.77. The molecule has 2 N–H and O–H groups in total. The molecule has 37 heavy (non-hydrogen) atoms. The number of anilines is 1. The van der Waals surface area contributed by atoms with E-state index in [1.807, 2.05) is 16.3 Å². The molecule has 11 nitrogen and oxygen atoms in total. The first-order chi connectivity index (χ1) is 17.8. The maximum atomic E-state index is 13.2. The van der Waals surface area contributed by atoms with Crippen molar-refractivity contribution in [2.24, 2.45) is 5.92 Å². The van der Waals surface area contributed by atoms with Crippen LogP contribution < -0.4 is 10.2 Å². The number of H-pyrrole nitrogens is 1. The van der Waals surface area contributed by atoms with Gasteiger partial charge in [-0.3, -0.25) is 4.79 Å². The zero-order valence-electron chi connectivity index (χ0n) is 19.1. The minimum atomic E-state index is -4.52. The van der Waals surface area contributed by atoms with Crippen LogP contribution in [0.3, 0.4) is 0 Å². The van der Waals surface area contributed by atoms with E-state index in [1.165, 1.54) is 6.20 Å². The fraction of sp³-hybridized carbons (Fsp3) is 0.348. The zero-order valence-corrected chi connectivity index (χ0v) is 19.1. The van der Waals surface area contributed by atoms with E-state index in [0.717, 1.165) is 11.6 Å². The summed E-state index contributed by atoms with van der Waals surface area (Å²) in [6.45, 7) is 0.496. The van der Waals surface area contributed by atoms with Gasteiger partial charge in [0.2, 0.25) is 0 Å². The van der Waals surface area contributed by atoms with Crippen LogP contribution in [-0.2, 0) is 0 Å². The molecule has 0 radical (unpaired) electrons. The molecule has 2 fully saturated rings. The lowest BCUT2D eigenvalue weighted by Crippen LogP contribution is -2.53. The van der Waals surface area contributed by atoms with Crippen LogP contribution >= 0.6 is 0 Å². The van der Waals surface area contributed by atoms with Crippen LogP contribution in [0.25, 0.3) is 22.4 Å². The molecule has 2 unspecified atom stereocenters. The van der Waals surface area contributed by atoms with Crippen LogP contribution in [0.1, 0.15) is 35.9 Å². The van der Waals surface area contributed by atoms with Crippen molar-refractivity contribution in [1.82, 2.24) is 40.0 Å². The number of fused-ring (bicyclic) bond motifs is 1. The second-order valence-corrected chi connectivity index (χ2v) is 9.17. The molecule has 6 rings (SSSR count). The molecule has 1 saturated carbocycles. The highest BCUT2D eigenvalue weighted by molar-refractivity contribution is 5.93. The minimum absolute atomic E-state index is 0.0455. The standard InChI is InChI=1S/C23H19F3N10O/c24-23(25,26)22(3-4-22)34-20(37)16-9-30-17(10-29-16)35-11-14(1-5-27)21(35)36-12-15(8-32-36)19-31-7-13-2-6-28-18(13)33-19/h2,6-10,12,14,21H,1,3-4,11H2,(H,34,37)(H,28,31,33). The number of carbonyl (C=O) groups excluding carboxylic acids is 1. The highest BCUT2D eigenvalue weighted by atomic mass is 19.4. The molecule has 0 aromatic carbocycles. The minimum Gasteiger partial charge on any atom is -0.346 e. The summed E-state index contributed by atoms with van der Waals surface area (Å²) >= 11 is 0. The SMILES string of the molecule is N#CCC1CN(c2cnc(C(=O)NC3(C(F)(F)F)CC3)cn2)C1n1cc(-c2ncc3cc[nH]c3n2)cn1. The first kappa shape index (κ1) is 22.9. The first-order valence-electron chi connectivity index (χ1n) is 11.5. The van der Waals surface area contributed by atoms with Gasteiger partial charge in [0.05, 0.1) is 30.2 Å². The van der Waals surface area contributed by atoms with E-state index in [9.17, 15) is 23.2 Å². The highest BCUT2D eigenvalue weighted by Gasteiger charge is 2.64. The van der Waals surface area contributed by atoms with E-state index in [-0.39, 0.29) is 37.0 Å². The molecular weight excluding hydrogens is 489 g/mol. The Balaban J connectivity index is 1.21. The van der Waals surface area contributed by atoms with Crippen molar-refractivity contribution < 1.29 is 18.0 Å². The molecule has 2 atom stereocenters. The number of carbonyl (C=O) groups is 1. The maximum absolute atomic E-state index is 13.2. The van der Waals surface area contributed by atoms with Crippen molar-refractivity contribution in [3.63, 3.8) is 0 Å². The molecule has 2 aliphatic rings. The predicted molar refractivity (Wildman–Crippen MR) is 123 cm³/mol. The van der Waals surface area contributed by atoms with Gasteiger partial charge in [0.25, 0.3) is 5.91 Å². The quantitative estimate of drug-likeness (QED) is 0.405. The molecule has 1 amide bonds. The van der Waals surface area contributed by atoms with Crippen molar-refractivity contribution >= 4 is 22.8 Å². The monoisotopic (exact) mass is 508 g/mol. The number of aromatic nitrogens is 7. The normalized spacial score (nSPS) is 20.3. The van der Waals surface area contributed by atoms with E-state index in [4.69, 9.17) is 0 Å².